The van der Waals surface area contributed by atoms with Crippen molar-refractivity contribution in [3.8, 4) is 0 Å². The van der Waals surface area contributed by atoms with E-state index in [-0.39, 0.29) is 0 Å². The van der Waals surface area contributed by atoms with Gasteiger partial charge < -0.3 is 10.6 Å². The second-order valence-corrected chi connectivity index (χ2v) is 6.24. The number of benzene rings is 1. The van der Waals surface area contributed by atoms with Crippen LogP contribution in [-0.4, -0.2) is 22.9 Å². The van der Waals surface area contributed by atoms with Crippen LogP contribution in [0.5, 0.6) is 0 Å². The van der Waals surface area contributed by atoms with E-state index in [9.17, 15) is 0 Å². The third-order valence-corrected chi connectivity index (χ3v) is 4.70. The van der Waals surface area contributed by atoms with Crippen molar-refractivity contribution in [2.75, 3.05) is 23.7 Å². The summed E-state index contributed by atoms with van der Waals surface area (Å²) in [7, 11) is 0. The molecule has 0 aliphatic carbocycles. The van der Waals surface area contributed by atoms with Gasteiger partial charge in [0.15, 0.2) is 5.82 Å². The van der Waals surface area contributed by atoms with Crippen LogP contribution in [0.3, 0.4) is 0 Å². The van der Waals surface area contributed by atoms with Gasteiger partial charge in [0.1, 0.15) is 5.82 Å². The lowest BCUT2D eigenvalue weighted by Crippen LogP contribution is -2.25. The molecule has 0 radical (unpaired) electrons. The SMILES string of the molecule is Cc1ccc(C)c(C2CCNc3c4c(nn32)NCCC4)c1. The van der Waals surface area contributed by atoms with Gasteiger partial charge in [0.2, 0.25) is 0 Å². The molecule has 4 nitrogen and oxygen atoms in total. The molecule has 0 saturated carbocycles. The Bertz CT molecular complexity index is 686. The normalized spacial score (nSPS) is 20.2. The summed E-state index contributed by atoms with van der Waals surface area (Å²) < 4.78 is 2.22. The molecule has 110 valence electrons. The highest BCUT2D eigenvalue weighted by Crippen LogP contribution is 2.37. The molecule has 4 heteroatoms. The van der Waals surface area contributed by atoms with Crippen molar-refractivity contribution in [1.29, 1.82) is 0 Å². The molecule has 2 aromatic rings. The Balaban J connectivity index is 1.83. The van der Waals surface area contributed by atoms with Crippen LogP contribution in [-0.2, 0) is 6.42 Å². The lowest BCUT2D eigenvalue weighted by atomic mass is 9.95. The highest BCUT2D eigenvalue weighted by molar-refractivity contribution is 5.62. The summed E-state index contributed by atoms with van der Waals surface area (Å²) in [6.07, 6.45) is 3.42. The van der Waals surface area contributed by atoms with Crippen molar-refractivity contribution in [3.63, 3.8) is 0 Å². The first-order valence-corrected chi connectivity index (χ1v) is 7.90. The van der Waals surface area contributed by atoms with E-state index in [4.69, 9.17) is 5.10 Å². The molecule has 1 aromatic heterocycles. The molecule has 0 spiro atoms. The van der Waals surface area contributed by atoms with Crippen LogP contribution in [0, 0.1) is 13.8 Å². The minimum atomic E-state index is 0.355. The van der Waals surface area contributed by atoms with Gasteiger partial charge in [-0.2, -0.15) is 5.10 Å². The molecule has 1 unspecified atom stereocenters. The lowest BCUT2D eigenvalue weighted by molar-refractivity contribution is 0.480. The molecule has 1 atom stereocenters. The van der Waals surface area contributed by atoms with E-state index < -0.39 is 0 Å². The van der Waals surface area contributed by atoms with E-state index in [1.807, 2.05) is 0 Å². The topological polar surface area (TPSA) is 41.9 Å². The van der Waals surface area contributed by atoms with Gasteiger partial charge in [-0.15, -0.1) is 0 Å². The van der Waals surface area contributed by atoms with Gasteiger partial charge in [0, 0.05) is 18.7 Å². The van der Waals surface area contributed by atoms with Gasteiger partial charge in [-0.3, -0.25) is 0 Å². The first-order valence-electron chi connectivity index (χ1n) is 7.90. The Morgan fingerprint density at radius 1 is 1.19 bits per heavy atom. The minimum Gasteiger partial charge on any atom is -0.370 e. The van der Waals surface area contributed by atoms with Crippen molar-refractivity contribution in [1.82, 2.24) is 9.78 Å². The number of nitrogens with zero attached hydrogens (tertiary/aromatic N) is 2. The summed E-state index contributed by atoms with van der Waals surface area (Å²) in [5.74, 6) is 2.32. The van der Waals surface area contributed by atoms with E-state index in [0.29, 0.717) is 6.04 Å². The number of anilines is 2. The van der Waals surface area contributed by atoms with Crippen LogP contribution in [0.25, 0.3) is 0 Å². The second kappa shape index (κ2) is 4.79. The molecule has 2 N–H and O–H groups in total. The molecule has 0 amide bonds. The number of hydrogen-bond acceptors (Lipinski definition) is 3. The van der Waals surface area contributed by atoms with E-state index >= 15 is 0 Å². The molecule has 3 heterocycles. The highest BCUT2D eigenvalue weighted by atomic mass is 15.4. The number of nitrogens with one attached hydrogen (secondary N) is 2. The average Bonchev–Trinajstić information content (AvgIpc) is 2.88. The number of aromatic nitrogens is 2. The zero-order valence-corrected chi connectivity index (χ0v) is 12.7. The number of hydrogen-bond donors (Lipinski definition) is 2. The second-order valence-electron chi connectivity index (χ2n) is 6.24. The average molecular weight is 282 g/mol. The van der Waals surface area contributed by atoms with Crippen molar-refractivity contribution in [3.05, 3.63) is 40.5 Å². The minimum absolute atomic E-state index is 0.355. The van der Waals surface area contributed by atoms with Crippen molar-refractivity contribution < 1.29 is 0 Å². The zero-order chi connectivity index (χ0) is 14.4. The Labute approximate surface area is 125 Å². The fourth-order valence-electron chi connectivity index (χ4n) is 3.59. The standard InChI is InChI=1S/C17H22N4/c1-11-5-6-12(2)14(10-11)15-7-9-19-17-13-4-3-8-18-16(13)20-21(15)17/h5-6,10,15,19H,3-4,7-9H2,1-2H3,(H,18,20). The summed E-state index contributed by atoms with van der Waals surface area (Å²) in [5, 5.41) is 11.9. The summed E-state index contributed by atoms with van der Waals surface area (Å²) >= 11 is 0. The first kappa shape index (κ1) is 12.7. The maximum absolute atomic E-state index is 4.86. The third-order valence-electron chi connectivity index (χ3n) is 4.70. The van der Waals surface area contributed by atoms with Crippen LogP contribution >= 0.6 is 0 Å². The molecule has 2 aliphatic heterocycles. The molecule has 0 saturated heterocycles. The van der Waals surface area contributed by atoms with E-state index in [0.717, 1.165) is 31.7 Å². The van der Waals surface area contributed by atoms with Crippen LogP contribution in [0.1, 0.15) is 41.1 Å². The van der Waals surface area contributed by atoms with Gasteiger partial charge in [-0.25, -0.2) is 4.68 Å². The van der Waals surface area contributed by atoms with Crippen LogP contribution in [0.4, 0.5) is 11.6 Å². The quantitative estimate of drug-likeness (QED) is 0.843. The summed E-state index contributed by atoms with van der Waals surface area (Å²) in [6.45, 7) is 6.44. The smallest absolute Gasteiger partial charge is 0.153 e. The number of rotatable bonds is 1. The van der Waals surface area contributed by atoms with Gasteiger partial charge in [-0.1, -0.05) is 23.8 Å². The molecular formula is C17H22N4. The maximum atomic E-state index is 4.86. The van der Waals surface area contributed by atoms with Gasteiger partial charge in [0.05, 0.1) is 6.04 Å². The molecule has 2 aliphatic rings. The predicted molar refractivity (Wildman–Crippen MR) is 86.2 cm³/mol. The molecule has 1 aromatic carbocycles. The molecular weight excluding hydrogens is 260 g/mol. The molecule has 0 fully saturated rings. The van der Waals surface area contributed by atoms with E-state index in [1.165, 1.54) is 34.5 Å². The summed E-state index contributed by atoms with van der Waals surface area (Å²) in [6, 6.07) is 7.10. The van der Waals surface area contributed by atoms with Gasteiger partial charge in [0.25, 0.3) is 0 Å². The molecule has 21 heavy (non-hydrogen) atoms. The Kier molecular flexibility index (Phi) is 2.91. The van der Waals surface area contributed by atoms with Gasteiger partial charge >= 0.3 is 0 Å². The van der Waals surface area contributed by atoms with Crippen LogP contribution in [0.2, 0.25) is 0 Å². The van der Waals surface area contributed by atoms with Crippen LogP contribution in [0.15, 0.2) is 18.2 Å². The largest absolute Gasteiger partial charge is 0.370 e. The molecule has 4 rings (SSSR count). The first-order chi connectivity index (χ1) is 10.2. The highest BCUT2D eigenvalue weighted by Gasteiger charge is 2.29. The summed E-state index contributed by atoms with van der Waals surface area (Å²) in [5.41, 5.74) is 5.47. The Hall–Kier alpha value is -1.97. The monoisotopic (exact) mass is 282 g/mol. The zero-order valence-electron chi connectivity index (χ0n) is 12.7. The fourth-order valence-corrected chi connectivity index (χ4v) is 3.59. The Morgan fingerprint density at radius 2 is 2.10 bits per heavy atom. The fraction of sp³-hybridized carbons (Fsp3) is 0.471. The Morgan fingerprint density at radius 3 is 3.00 bits per heavy atom. The van der Waals surface area contributed by atoms with Gasteiger partial charge in [-0.05, 0) is 44.2 Å². The lowest BCUT2D eigenvalue weighted by Gasteiger charge is -2.28. The third kappa shape index (κ3) is 2.01. The molecule has 0 bridgehead atoms. The summed E-state index contributed by atoms with van der Waals surface area (Å²) in [4.78, 5) is 0. The van der Waals surface area contributed by atoms with E-state index in [1.54, 1.807) is 0 Å². The maximum Gasteiger partial charge on any atom is 0.153 e. The number of fused-ring (bicyclic) bond motifs is 3. The van der Waals surface area contributed by atoms with Crippen molar-refractivity contribution in [2.24, 2.45) is 0 Å². The number of aryl methyl sites for hydroxylation is 2. The predicted octanol–water partition coefficient (Wildman–Crippen LogP) is 3.26. The van der Waals surface area contributed by atoms with Crippen molar-refractivity contribution in [2.45, 2.75) is 39.2 Å². The van der Waals surface area contributed by atoms with Crippen molar-refractivity contribution >= 4 is 11.6 Å². The van der Waals surface area contributed by atoms with Crippen LogP contribution < -0.4 is 10.6 Å². The van der Waals surface area contributed by atoms with E-state index in [2.05, 4.69) is 47.4 Å².